The van der Waals surface area contributed by atoms with Crippen molar-refractivity contribution in [2.24, 2.45) is 5.92 Å². The third-order valence-electron chi connectivity index (χ3n) is 6.87. The first-order valence-electron chi connectivity index (χ1n) is 10.4. The second kappa shape index (κ2) is 7.01. The van der Waals surface area contributed by atoms with Gasteiger partial charge in [-0.2, -0.15) is 0 Å². The van der Waals surface area contributed by atoms with Gasteiger partial charge in [0.25, 0.3) is 0 Å². The maximum Gasteiger partial charge on any atom is 0.224 e. The molecular weight excluding hydrogens is 350 g/mol. The van der Waals surface area contributed by atoms with Crippen LogP contribution in [0.4, 0.5) is 5.95 Å². The van der Waals surface area contributed by atoms with E-state index in [0.717, 1.165) is 25.0 Å². The molecule has 2 bridgehead atoms. The summed E-state index contributed by atoms with van der Waals surface area (Å²) in [6, 6.07) is 9.03. The number of hydrogen-bond donors (Lipinski definition) is 1. The Hall–Kier alpha value is -2.18. The van der Waals surface area contributed by atoms with Crippen LogP contribution in [-0.4, -0.2) is 70.7 Å². The summed E-state index contributed by atoms with van der Waals surface area (Å²) in [6.07, 6.45) is 6.56. The first kappa shape index (κ1) is 17.9. The smallest absolute Gasteiger partial charge is 0.224 e. The topological polar surface area (TPSA) is 55.7 Å². The molecule has 4 aliphatic rings. The number of fused-ring (bicyclic) bond motifs is 2. The molecule has 148 valence electrons. The largest absolute Gasteiger partial charge is 0.508 e. The molecule has 6 nitrogen and oxygen atoms in total. The van der Waals surface area contributed by atoms with Crippen molar-refractivity contribution in [1.29, 1.82) is 0 Å². The third-order valence-corrected chi connectivity index (χ3v) is 6.87. The lowest BCUT2D eigenvalue weighted by Crippen LogP contribution is -2.59. The van der Waals surface area contributed by atoms with Crippen molar-refractivity contribution < 1.29 is 5.11 Å². The van der Waals surface area contributed by atoms with E-state index in [4.69, 9.17) is 0 Å². The molecule has 0 amide bonds. The van der Waals surface area contributed by atoms with Crippen molar-refractivity contribution in [2.45, 2.75) is 37.4 Å². The maximum atomic E-state index is 10.0. The summed E-state index contributed by atoms with van der Waals surface area (Å²) in [5.41, 5.74) is 2.45. The SMILES string of the molecule is CN(C)c1ncc(CN2CC(c3cccc(O)c3)C3C2C2CCN3CC2)cn1. The van der Waals surface area contributed by atoms with Gasteiger partial charge >= 0.3 is 0 Å². The average molecular weight is 380 g/mol. The van der Waals surface area contributed by atoms with Crippen LogP contribution in [0, 0.1) is 5.92 Å². The van der Waals surface area contributed by atoms with Crippen molar-refractivity contribution in [3.8, 4) is 5.75 Å². The van der Waals surface area contributed by atoms with E-state index in [0.29, 0.717) is 23.8 Å². The van der Waals surface area contributed by atoms with Gasteiger partial charge in [-0.05, 0) is 49.5 Å². The van der Waals surface area contributed by atoms with Crippen LogP contribution in [0.25, 0.3) is 0 Å². The lowest BCUT2D eigenvalue weighted by atomic mass is 9.75. The predicted molar refractivity (Wildman–Crippen MR) is 109 cm³/mol. The van der Waals surface area contributed by atoms with Gasteiger partial charge in [0.2, 0.25) is 5.95 Å². The molecule has 0 aliphatic carbocycles. The number of nitrogens with zero attached hydrogens (tertiary/aromatic N) is 5. The molecule has 4 aliphatic heterocycles. The van der Waals surface area contributed by atoms with E-state index in [1.54, 1.807) is 6.07 Å². The molecule has 1 aromatic heterocycles. The Morgan fingerprint density at radius 1 is 1.11 bits per heavy atom. The molecule has 0 spiro atoms. The van der Waals surface area contributed by atoms with Crippen molar-refractivity contribution in [1.82, 2.24) is 19.8 Å². The summed E-state index contributed by atoms with van der Waals surface area (Å²) in [5.74, 6) is 2.35. The fourth-order valence-corrected chi connectivity index (χ4v) is 5.67. The number of piperidine rings is 3. The van der Waals surface area contributed by atoms with E-state index in [1.807, 2.05) is 43.5 Å². The van der Waals surface area contributed by atoms with Crippen LogP contribution >= 0.6 is 0 Å². The molecule has 4 saturated heterocycles. The zero-order chi connectivity index (χ0) is 19.3. The number of hydrogen-bond acceptors (Lipinski definition) is 6. The van der Waals surface area contributed by atoms with E-state index in [-0.39, 0.29) is 0 Å². The summed E-state index contributed by atoms with van der Waals surface area (Å²) < 4.78 is 0. The number of phenols is 1. The molecule has 0 saturated carbocycles. The summed E-state index contributed by atoms with van der Waals surface area (Å²) in [6.45, 7) is 4.36. The number of rotatable bonds is 4. The normalized spacial score (nSPS) is 31.7. The van der Waals surface area contributed by atoms with Gasteiger partial charge in [0.05, 0.1) is 0 Å². The van der Waals surface area contributed by atoms with Crippen LogP contribution in [0.3, 0.4) is 0 Å². The van der Waals surface area contributed by atoms with Crippen molar-refractivity contribution in [3.63, 3.8) is 0 Å². The second-order valence-electron chi connectivity index (χ2n) is 8.77. The molecule has 28 heavy (non-hydrogen) atoms. The zero-order valence-corrected chi connectivity index (χ0v) is 16.7. The lowest BCUT2D eigenvalue weighted by molar-refractivity contribution is -0.00874. The molecule has 2 aromatic rings. The summed E-state index contributed by atoms with van der Waals surface area (Å²) in [7, 11) is 3.93. The monoisotopic (exact) mass is 379 g/mol. The average Bonchev–Trinajstić information content (AvgIpc) is 3.11. The van der Waals surface area contributed by atoms with Crippen LogP contribution in [0.5, 0.6) is 5.75 Å². The standard InChI is InChI=1S/C22H29N5O/c1-25(2)22-23-11-15(12-24-22)13-27-14-19(17-4-3-5-18(28)10-17)21-20(27)16-6-8-26(21)9-7-16/h3-5,10-12,16,19-21,28H,6-9,13-14H2,1-2H3. The number of aromatic hydroxyl groups is 1. The highest BCUT2D eigenvalue weighted by molar-refractivity contribution is 5.34. The van der Waals surface area contributed by atoms with Gasteiger partial charge in [0.1, 0.15) is 5.75 Å². The highest BCUT2D eigenvalue weighted by Crippen LogP contribution is 2.47. The third kappa shape index (κ3) is 3.05. The molecule has 6 rings (SSSR count). The van der Waals surface area contributed by atoms with Crippen molar-refractivity contribution in [2.75, 3.05) is 38.6 Å². The van der Waals surface area contributed by atoms with E-state index in [9.17, 15) is 5.11 Å². The zero-order valence-electron chi connectivity index (χ0n) is 16.7. The Bertz CT molecular complexity index is 831. The Labute approximate surface area is 166 Å². The van der Waals surface area contributed by atoms with Crippen LogP contribution in [0.1, 0.15) is 29.9 Å². The molecule has 1 N–H and O–H groups in total. The quantitative estimate of drug-likeness (QED) is 0.880. The van der Waals surface area contributed by atoms with Crippen molar-refractivity contribution in [3.05, 3.63) is 47.8 Å². The van der Waals surface area contributed by atoms with E-state index in [1.165, 1.54) is 37.1 Å². The Balaban J connectivity index is 1.43. The number of phenolic OH excluding ortho intramolecular Hbond substituents is 1. The Kier molecular flexibility index (Phi) is 4.48. The number of likely N-dealkylation sites (tertiary alicyclic amines) is 1. The van der Waals surface area contributed by atoms with E-state index >= 15 is 0 Å². The van der Waals surface area contributed by atoms with Gasteiger partial charge in [-0.1, -0.05) is 12.1 Å². The molecule has 5 heterocycles. The maximum absolute atomic E-state index is 10.0. The molecular formula is C22H29N5O. The van der Waals surface area contributed by atoms with Crippen LogP contribution < -0.4 is 4.90 Å². The molecule has 3 unspecified atom stereocenters. The summed E-state index contributed by atoms with van der Waals surface area (Å²) >= 11 is 0. The van der Waals surface area contributed by atoms with Crippen molar-refractivity contribution >= 4 is 5.95 Å². The molecule has 3 atom stereocenters. The Morgan fingerprint density at radius 2 is 1.86 bits per heavy atom. The number of aromatic nitrogens is 2. The second-order valence-corrected chi connectivity index (χ2v) is 8.77. The minimum absolute atomic E-state index is 0.371. The highest BCUT2D eigenvalue weighted by Gasteiger charge is 2.53. The van der Waals surface area contributed by atoms with Crippen LogP contribution in [0.2, 0.25) is 0 Å². The summed E-state index contributed by atoms with van der Waals surface area (Å²) in [5, 5.41) is 10.0. The van der Waals surface area contributed by atoms with E-state index in [2.05, 4.69) is 25.8 Å². The van der Waals surface area contributed by atoms with Gasteiger partial charge in [0, 0.05) is 63.1 Å². The van der Waals surface area contributed by atoms with Gasteiger partial charge in [-0.3, -0.25) is 9.80 Å². The van der Waals surface area contributed by atoms with Gasteiger partial charge in [-0.15, -0.1) is 0 Å². The minimum atomic E-state index is 0.371. The molecule has 0 radical (unpaired) electrons. The Morgan fingerprint density at radius 3 is 2.54 bits per heavy atom. The molecule has 4 fully saturated rings. The van der Waals surface area contributed by atoms with Gasteiger partial charge in [-0.25, -0.2) is 9.97 Å². The minimum Gasteiger partial charge on any atom is -0.508 e. The number of benzene rings is 1. The van der Waals surface area contributed by atoms with Gasteiger partial charge < -0.3 is 10.0 Å². The summed E-state index contributed by atoms with van der Waals surface area (Å²) in [4.78, 5) is 16.3. The fourth-order valence-electron chi connectivity index (χ4n) is 5.67. The highest BCUT2D eigenvalue weighted by atomic mass is 16.3. The fraction of sp³-hybridized carbons (Fsp3) is 0.545. The number of anilines is 1. The van der Waals surface area contributed by atoms with Gasteiger partial charge in [0.15, 0.2) is 0 Å². The van der Waals surface area contributed by atoms with Crippen LogP contribution in [-0.2, 0) is 6.54 Å². The molecule has 6 heteroatoms. The van der Waals surface area contributed by atoms with Crippen LogP contribution in [0.15, 0.2) is 36.7 Å². The first-order valence-corrected chi connectivity index (χ1v) is 10.4. The predicted octanol–water partition coefficient (Wildman–Crippen LogP) is 2.31. The first-order chi connectivity index (χ1) is 13.6. The van der Waals surface area contributed by atoms with E-state index < -0.39 is 0 Å². The molecule has 1 aromatic carbocycles. The lowest BCUT2D eigenvalue weighted by Gasteiger charge is -2.51.